The largest absolute Gasteiger partial charge is 0.494 e. The number of methoxy groups -OCH3 is 2. The molecule has 2 aliphatic heterocycles. The maximum absolute atomic E-state index is 12.5. The van der Waals surface area contributed by atoms with Gasteiger partial charge in [-0.05, 0) is 61.1 Å². The smallest absolute Gasteiger partial charge is 0.222 e. The first-order valence-electron chi connectivity index (χ1n) is 15.8. The van der Waals surface area contributed by atoms with E-state index in [0.717, 1.165) is 81.1 Å². The van der Waals surface area contributed by atoms with Crippen LogP contribution in [0.3, 0.4) is 0 Å². The summed E-state index contributed by atoms with van der Waals surface area (Å²) in [4.78, 5) is 14.8. The van der Waals surface area contributed by atoms with Crippen LogP contribution in [0.15, 0.2) is 42.5 Å². The van der Waals surface area contributed by atoms with Gasteiger partial charge in [0.25, 0.3) is 0 Å². The van der Waals surface area contributed by atoms with Crippen molar-refractivity contribution in [3.63, 3.8) is 0 Å². The van der Waals surface area contributed by atoms with Crippen molar-refractivity contribution in [1.29, 1.82) is 0 Å². The average Bonchev–Trinajstić information content (AvgIpc) is 3.05. The number of nitrogens with zero attached hydrogens (tertiary/aromatic N) is 1. The Bertz CT molecular complexity index is 1110. The molecule has 238 valence electrons. The number of carbonyl (C=O) groups is 1. The van der Waals surface area contributed by atoms with Crippen molar-refractivity contribution in [2.24, 2.45) is 5.92 Å². The van der Waals surface area contributed by atoms with Gasteiger partial charge in [0, 0.05) is 71.9 Å². The molecule has 2 heterocycles. The molecule has 0 aromatic heterocycles. The van der Waals surface area contributed by atoms with Crippen molar-refractivity contribution in [1.82, 2.24) is 10.6 Å². The lowest BCUT2D eigenvalue weighted by Gasteiger charge is -2.38. The van der Waals surface area contributed by atoms with Gasteiger partial charge in [-0.25, -0.2) is 0 Å². The summed E-state index contributed by atoms with van der Waals surface area (Å²) >= 11 is 0. The summed E-state index contributed by atoms with van der Waals surface area (Å²) in [6.07, 6.45) is 4.36. The van der Waals surface area contributed by atoms with E-state index in [4.69, 9.17) is 23.7 Å². The number of benzene rings is 2. The van der Waals surface area contributed by atoms with Crippen LogP contribution in [0, 0.1) is 5.92 Å². The number of piperidine rings is 1. The quantitative estimate of drug-likeness (QED) is 0.257. The third kappa shape index (κ3) is 9.57. The van der Waals surface area contributed by atoms with Gasteiger partial charge in [0.15, 0.2) is 0 Å². The highest BCUT2D eigenvalue weighted by molar-refractivity contribution is 5.78. The molecule has 2 aromatic rings. The minimum absolute atomic E-state index is 0.00473. The Kier molecular flexibility index (Phi) is 13.4. The van der Waals surface area contributed by atoms with E-state index in [9.17, 15) is 4.79 Å². The normalized spacial score (nSPS) is 20.7. The summed E-state index contributed by atoms with van der Waals surface area (Å²) in [5, 5.41) is 6.54. The van der Waals surface area contributed by atoms with E-state index in [1.165, 1.54) is 5.56 Å². The van der Waals surface area contributed by atoms with Crippen molar-refractivity contribution in [3.8, 4) is 11.5 Å². The van der Waals surface area contributed by atoms with Gasteiger partial charge in [0.1, 0.15) is 18.1 Å². The van der Waals surface area contributed by atoms with Gasteiger partial charge in [0.2, 0.25) is 5.91 Å². The molecule has 0 saturated carbocycles. The molecule has 0 unspecified atom stereocenters. The van der Waals surface area contributed by atoms with Gasteiger partial charge in [-0.2, -0.15) is 0 Å². The molecule has 0 spiro atoms. The maximum Gasteiger partial charge on any atom is 0.222 e. The molecular formula is C34H51N3O6. The van der Waals surface area contributed by atoms with Crippen LogP contribution in [0.2, 0.25) is 0 Å². The fourth-order valence-electron chi connectivity index (χ4n) is 6.13. The molecular weight excluding hydrogens is 546 g/mol. The highest BCUT2D eigenvalue weighted by atomic mass is 16.5. The lowest BCUT2D eigenvalue weighted by Crippen LogP contribution is -2.48. The Morgan fingerprint density at radius 3 is 2.63 bits per heavy atom. The van der Waals surface area contributed by atoms with Crippen molar-refractivity contribution >= 4 is 11.6 Å². The minimum atomic E-state index is -0.00644. The number of amides is 1. The van der Waals surface area contributed by atoms with E-state index >= 15 is 0 Å². The monoisotopic (exact) mass is 597 g/mol. The fraction of sp³-hybridized carbons (Fsp3) is 0.618. The second kappa shape index (κ2) is 17.4. The minimum Gasteiger partial charge on any atom is -0.494 e. The first-order chi connectivity index (χ1) is 21.1. The van der Waals surface area contributed by atoms with Crippen molar-refractivity contribution < 1.29 is 28.5 Å². The van der Waals surface area contributed by atoms with Crippen LogP contribution in [-0.2, 0) is 25.6 Å². The van der Waals surface area contributed by atoms with E-state index in [1.54, 1.807) is 21.3 Å². The lowest BCUT2D eigenvalue weighted by molar-refractivity contribution is -0.125. The number of hydrogen-bond acceptors (Lipinski definition) is 8. The Labute approximate surface area is 257 Å². The standard InChI is InChI=1S/C34H51N3O6/c1-5-26(34(38)35-2)21-28-22-30(27-9-11-29(12-10-27)41-18-7-17-40-4)33(23-36-28)43-24-25-8-13-32-31(20-25)37(15-19-42-32)14-6-16-39-3/h8-13,20,26,28,30,33,36H,5-7,14-19,21-24H2,1-4H3,(H,35,38)/t26-,28-,30-,33+/m1/s1. The third-order valence-electron chi connectivity index (χ3n) is 8.57. The molecule has 2 aliphatic rings. The SMILES string of the molecule is CC[C@H](C[C@@H]1C[C@H](c2ccc(OCCCOC)cc2)[C@@H](OCc2ccc3c(c2)N(CCCOC)CCO3)CN1)C(=O)NC. The van der Waals surface area contributed by atoms with E-state index in [2.05, 4.69) is 64.9 Å². The predicted octanol–water partition coefficient (Wildman–Crippen LogP) is 4.53. The fourth-order valence-corrected chi connectivity index (χ4v) is 6.13. The number of nitrogens with one attached hydrogen (secondary N) is 2. The molecule has 0 bridgehead atoms. The molecule has 4 atom stereocenters. The zero-order valence-electron chi connectivity index (χ0n) is 26.4. The molecule has 43 heavy (non-hydrogen) atoms. The van der Waals surface area contributed by atoms with E-state index in [0.29, 0.717) is 26.4 Å². The van der Waals surface area contributed by atoms with Crippen LogP contribution in [0.1, 0.15) is 56.1 Å². The maximum atomic E-state index is 12.5. The van der Waals surface area contributed by atoms with Gasteiger partial charge < -0.3 is 39.2 Å². The van der Waals surface area contributed by atoms with E-state index < -0.39 is 0 Å². The Hall–Kier alpha value is -2.85. The first-order valence-corrected chi connectivity index (χ1v) is 15.8. The zero-order valence-corrected chi connectivity index (χ0v) is 26.4. The van der Waals surface area contributed by atoms with Crippen LogP contribution >= 0.6 is 0 Å². The summed E-state index contributed by atoms with van der Waals surface area (Å²) in [7, 11) is 5.17. The van der Waals surface area contributed by atoms with Gasteiger partial charge in [-0.3, -0.25) is 4.79 Å². The Morgan fingerprint density at radius 1 is 1.09 bits per heavy atom. The predicted molar refractivity (Wildman–Crippen MR) is 169 cm³/mol. The van der Waals surface area contributed by atoms with Gasteiger partial charge in [-0.1, -0.05) is 25.1 Å². The molecule has 0 aliphatic carbocycles. The van der Waals surface area contributed by atoms with Gasteiger partial charge in [-0.15, -0.1) is 0 Å². The van der Waals surface area contributed by atoms with Crippen LogP contribution in [0.25, 0.3) is 0 Å². The van der Waals surface area contributed by atoms with E-state index in [1.807, 2.05) is 0 Å². The molecule has 2 aromatic carbocycles. The van der Waals surface area contributed by atoms with Crippen LogP contribution in [0.4, 0.5) is 5.69 Å². The highest BCUT2D eigenvalue weighted by Crippen LogP contribution is 2.36. The Balaban J connectivity index is 1.45. The Morgan fingerprint density at radius 2 is 1.88 bits per heavy atom. The summed E-state index contributed by atoms with van der Waals surface area (Å²) in [5.74, 6) is 2.09. The van der Waals surface area contributed by atoms with Gasteiger partial charge in [0.05, 0.1) is 31.5 Å². The zero-order chi connectivity index (χ0) is 30.4. The second-order valence-electron chi connectivity index (χ2n) is 11.5. The van der Waals surface area contributed by atoms with Gasteiger partial charge >= 0.3 is 0 Å². The van der Waals surface area contributed by atoms with Crippen molar-refractivity contribution in [2.75, 3.05) is 72.2 Å². The molecule has 2 N–H and O–H groups in total. The first kappa shape index (κ1) is 33.1. The van der Waals surface area contributed by atoms with Crippen molar-refractivity contribution in [2.45, 2.75) is 63.7 Å². The average molecular weight is 598 g/mol. The lowest BCUT2D eigenvalue weighted by atomic mass is 9.81. The molecule has 9 heteroatoms. The summed E-state index contributed by atoms with van der Waals surface area (Å²) in [6.45, 7) is 7.89. The highest BCUT2D eigenvalue weighted by Gasteiger charge is 2.34. The number of carbonyl (C=O) groups excluding carboxylic acids is 1. The molecule has 1 saturated heterocycles. The number of rotatable bonds is 17. The van der Waals surface area contributed by atoms with Crippen LogP contribution in [-0.4, -0.2) is 85.4 Å². The summed E-state index contributed by atoms with van der Waals surface area (Å²) < 4.78 is 28.9. The third-order valence-corrected chi connectivity index (χ3v) is 8.57. The van der Waals surface area contributed by atoms with E-state index in [-0.39, 0.29) is 29.9 Å². The molecule has 4 rings (SSSR count). The number of fused-ring (bicyclic) bond motifs is 1. The topological polar surface area (TPSA) is 90.5 Å². The summed E-state index contributed by atoms with van der Waals surface area (Å²) in [6, 6.07) is 15.1. The molecule has 9 nitrogen and oxygen atoms in total. The number of anilines is 1. The second-order valence-corrected chi connectivity index (χ2v) is 11.5. The summed E-state index contributed by atoms with van der Waals surface area (Å²) in [5.41, 5.74) is 3.49. The number of hydrogen-bond donors (Lipinski definition) is 2. The van der Waals surface area contributed by atoms with Crippen LogP contribution < -0.4 is 25.0 Å². The van der Waals surface area contributed by atoms with Crippen molar-refractivity contribution in [3.05, 3.63) is 53.6 Å². The van der Waals surface area contributed by atoms with Crippen LogP contribution in [0.5, 0.6) is 11.5 Å². The molecule has 0 radical (unpaired) electrons. The molecule has 1 amide bonds. The number of ether oxygens (including phenoxy) is 5. The molecule has 1 fully saturated rings.